The van der Waals surface area contributed by atoms with Gasteiger partial charge in [0.25, 0.3) is 5.91 Å². The van der Waals surface area contributed by atoms with Gasteiger partial charge in [-0.3, -0.25) is 14.6 Å². The number of carbonyl (C=O) groups is 2. The summed E-state index contributed by atoms with van der Waals surface area (Å²) in [4.78, 5) is 36.1. The smallest absolute Gasteiger partial charge is 0.293 e. The Morgan fingerprint density at radius 1 is 1.17 bits per heavy atom. The summed E-state index contributed by atoms with van der Waals surface area (Å²) in [6.45, 7) is 2.39. The van der Waals surface area contributed by atoms with Crippen LogP contribution in [0.25, 0.3) is 16.2 Å². The van der Waals surface area contributed by atoms with Crippen LogP contribution in [0, 0.1) is 0 Å². The number of morpholine rings is 1. The first-order valence-corrected chi connectivity index (χ1v) is 9.96. The first-order chi connectivity index (χ1) is 14.2. The van der Waals surface area contributed by atoms with E-state index in [4.69, 9.17) is 9.57 Å². The summed E-state index contributed by atoms with van der Waals surface area (Å²) in [6, 6.07) is 10.8. The predicted octanol–water partition coefficient (Wildman–Crippen LogP) is 2.89. The second-order valence-corrected chi connectivity index (χ2v) is 7.48. The number of hydroxylamine groups is 1. The summed E-state index contributed by atoms with van der Waals surface area (Å²) in [5, 5.41) is 0.970. The van der Waals surface area contributed by atoms with Crippen LogP contribution in [0.3, 0.4) is 0 Å². The van der Waals surface area contributed by atoms with Crippen LogP contribution >= 0.6 is 11.3 Å². The molecule has 2 amide bonds. The van der Waals surface area contributed by atoms with Crippen LogP contribution in [0.4, 0.5) is 0 Å². The third-order valence-electron chi connectivity index (χ3n) is 4.43. The van der Waals surface area contributed by atoms with Gasteiger partial charge in [-0.1, -0.05) is 12.1 Å². The number of hydrogen-bond donors (Lipinski definition) is 1. The van der Waals surface area contributed by atoms with Crippen LogP contribution in [0.2, 0.25) is 0 Å². The van der Waals surface area contributed by atoms with E-state index in [-0.39, 0.29) is 11.8 Å². The van der Waals surface area contributed by atoms with Crippen molar-refractivity contribution in [2.75, 3.05) is 26.3 Å². The minimum absolute atomic E-state index is 0.0283. The summed E-state index contributed by atoms with van der Waals surface area (Å²) in [5.74, 6) is 0.156. The predicted molar refractivity (Wildman–Crippen MR) is 111 cm³/mol. The van der Waals surface area contributed by atoms with Crippen LogP contribution in [0.1, 0.15) is 15.2 Å². The number of carbonyl (C=O) groups excluding carboxylic acids is 2. The highest BCUT2D eigenvalue weighted by Crippen LogP contribution is 2.24. The molecule has 7 nitrogen and oxygen atoms in total. The van der Waals surface area contributed by atoms with Gasteiger partial charge in [0, 0.05) is 31.6 Å². The Labute approximate surface area is 171 Å². The molecule has 0 atom stereocenters. The van der Waals surface area contributed by atoms with Gasteiger partial charge in [0.05, 0.1) is 22.8 Å². The lowest BCUT2D eigenvalue weighted by atomic mass is 10.2. The Morgan fingerprint density at radius 2 is 1.97 bits per heavy atom. The maximum absolute atomic E-state index is 12.3. The molecular formula is C21H19N3O4S. The van der Waals surface area contributed by atoms with Gasteiger partial charge >= 0.3 is 0 Å². The van der Waals surface area contributed by atoms with E-state index in [1.165, 1.54) is 11.3 Å². The number of pyridine rings is 1. The average Bonchev–Trinajstić information content (AvgIpc) is 3.21. The normalized spacial score (nSPS) is 14.3. The van der Waals surface area contributed by atoms with Crippen molar-refractivity contribution in [3.8, 4) is 5.75 Å². The molecule has 2 aromatic heterocycles. The summed E-state index contributed by atoms with van der Waals surface area (Å²) in [5.41, 5.74) is 3.31. The van der Waals surface area contributed by atoms with Gasteiger partial charge in [0.1, 0.15) is 0 Å². The number of fused-ring (bicyclic) bond motifs is 1. The highest BCUT2D eigenvalue weighted by molar-refractivity contribution is 7.20. The number of rotatable bonds is 5. The van der Waals surface area contributed by atoms with Crippen molar-refractivity contribution in [1.29, 1.82) is 0 Å². The lowest BCUT2D eigenvalue weighted by molar-refractivity contribution is -0.129. The minimum Gasteiger partial charge on any atom is -0.379 e. The number of hydrogen-bond acceptors (Lipinski definition) is 6. The topological polar surface area (TPSA) is 80.8 Å². The third kappa shape index (κ3) is 4.79. The molecule has 0 aliphatic carbocycles. The van der Waals surface area contributed by atoms with E-state index < -0.39 is 0 Å². The molecule has 1 aromatic carbocycles. The van der Waals surface area contributed by atoms with Gasteiger partial charge in [-0.05, 0) is 41.3 Å². The first kappa shape index (κ1) is 19.1. The molecule has 0 bridgehead atoms. The second-order valence-electron chi connectivity index (χ2n) is 6.40. The lowest BCUT2D eigenvalue weighted by Crippen LogP contribution is -2.39. The summed E-state index contributed by atoms with van der Waals surface area (Å²) < 4.78 is 6.19. The summed E-state index contributed by atoms with van der Waals surface area (Å²) >= 11 is 1.36. The van der Waals surface area contributed by atoms with Crippen LogP contribution in [-0.2, 0) is 9.53 Å². The number of thiophene rings is 1. The monoisotopic (exact) mass is 409 g/mol. The zero-order chi connectivity index (χ0) is 20.1. The Morgan fingerprint density at radius 3 is 2.72 bits per heavy atom. The Hall–Kier alpha value is -3.23. The fourth-order valence-electron chi connectivity index (χ4n) is 2.86. The molecule has 3 aromatic rings. The Kier molecular flexibility index (Phi) is 5.83. The van der Waals surface area contributed by atoms with E-state index in [1.54, 1.807) is 47.6 Å². The minimum atomic E-state index is -0.314. The van der Waals surface area contributed by atoms with Crippen molar-refractivity contribution in [1.82, 2.24) is 15.4 Å². The Bertz CT molecular complexity index is 1010. The zero-order valence-corrected chi connectivity index (χ0v) is 16.4. The van der Waals surface area contributed by atoms with Crippen molar-refractivity contribution in [3.05, 3.63) is 65.3 Å². The van der Waals surface area contributed by atoms with Gasteiger partial charge in [-0.15, -0.1) is 11.3 Å². The lowest BCUT2D eigenvalue weighted by Gasteiger charge is -2.25. The van der Waals surface area contributed by atoms with Crippen molar-refractivity contribution in [3.63, 3.8) is 0 Å². The second kappa shape index (κ2) is 8.85. The highest BCUT2D eigenvalue weighted by atomic mass is 32.1. The number of nitrogens with one attached hydrogen (secondary N) is 1. The van der Waals surface area contributed by atoms with Crippen molar-refractivity contribution < 1.29 is 19.2 Å². The van der Waals surface area contributed by atoms with Crippen LogP contribution in [0.5, 0.6) is 5.75 Å². The van der Waals surface area contributed by atoms with Crippen molar-refractivity contribution in [2.45, 2.75) is 0 Å². The van der Waals surface area contributed by atoms with E-state index >= 15 is 0 Å². The zero-order valence-electron chi connectivity index (χ0n) is 15.5. The molecule has 0 saturated carbocycles. The molecule has 4 rings (SSSR count). The molecule has 1 saturated heterocycles. The van der Waals surface area contributed by atoms with Crippen LogP contribution in [-0.4, -0.2) is 48.0 Å². The van der Waals surface area contributed by atoms with Crippen LogP contribution < -0.4 is 10.3 Å². The maximum atomic E-state index is 12.3. The number of ether oxygens (including phenoxy) is 1. The molecule has 1 N–H and O–H groups in total. The van der Waals surface area contributed by atoms with E-state index in [1.807, 2.05) is 18.2 Å². The number of nitrogens with zero attached hydrogens (tertiary/aromatic N) is 2. The quantitative estimate of drug-likeness (QED) is 0.518. The number of aromatic nitrogens is 1. The molecule has 1 aliphatic heterocycles. The fraction of sp³-hybridized carbons (Fsp3) is 0.190. The van der Waals surface area contributed by atoms with E-state index in [0.717, 1.165) is 15.6 Å². The SMILES string of the molecule is O=C(NOc1ccc(/C=C/C(=O)N2CCOCC2)cc1)c1cc2ccncc2s1. The molecule has 148 valence electrons. The van der Waals surface area contributed by atoms with E-state index in [9.17, 15) is 9.59 Å². The number of amides is 2. The van der Waals surface area contributed by atoms with Gasteiger partial charge in [-0.2, -0.15) is 5.48 Å². The summed E-state index contributed by atoms with van der Waals surface area (Å²) in [7, 11) is 0. The van der Waals surface area contributed by atoms with Crippen molar-refractivity contribution >= 4 is 39.3 Å². The van der Waals surface area contributed by atoms with Crippen molar-refractivity contribution in [2.24, 2.45) is 0 Å². The highest BCUT2D eigenvalue weighted by Gasteiger charge is 2.14. The Balaban J connectivity index is 1.31. The van der Waals surface area contributed by atoms with Gasteiger partial charge in [-0.25, -0.2) is 0 Å². The van der Waals surface area contributed by atoms with Gasteiger partial charge in [0.2, 0.25) is 5.91 Å². The van der Waals surface area contributed by atoms with Gasteiger partial charge in [0.15, 0.2) is 5.75 Å². The molecule has 0 spiro atoms. The fourth-order valence-corrected chi connectivity index (χ4v) is 3.77. The molecule has 1 fully saturated rings. The molecule has 0 unspecified atom stereocenters. The molecule has 8 heteroatoms. The molecule has 3 heterocycles. The molecule has 29 heavy (non-hydrogen) atoms. The maximum Gasteiger partial charge on any atom is 0.293 e. The number of benzene rings is 1. The average molecular weight is 409 g/mol. The van der Waals surface area contributed by atoms with E-state index in [2.05, 4.69) is 10.5 Å². The molecule has 0 radical (unpaired) electrons. The molecular weight excluding hydrogens is 390 g/mol. The summed E-state index contributed by atoms with van der Waals surface area (Å²) in [6.07, 6.45) is 6.73. The van der Waals surface area contributed by atoms with E-state index in [0.29, 0.717) is 36.9 Å². The van der Waals surface area contributed by atoms with Crippen LogP contribution in [0.15, 0.2) is 54.9 Å². The standard InChI is InChI=1S/C21H19N3O4S/c25-20(24-9-11-27-12-10-24)6-3-15-1-4-17(5-2-15)28-23-21(26)18-13-16-7-8-22-14-19(16)29-18/h1-8,13-14H,9-12H2,(H,23,26)/b6-3+. The largest absolute Gasteiger partial charge is 0.379 e. The first-order valence-electron chi connectivity index (χ1n) is 9.14. The van der Waals surface area contributed by atoms with Gasteiger partial charge < -0.3 is 14.5 Å². The molecule has 1 aliphatic rings. The third-order valence-corrected chi connectivity index (χ3v) is 5.51.